The van der Waals surface area contributed by atoms with E-state index in [9.17, 15) is 14.4 Å². The van der Waals surface area contributed by atoms with Gasteiger partial charge in [-0.15, -0.1) is 0 Å². The van der Waals surface area contributed by atoms with E-state index in [0.717, 1.165) is 11.0 Å². The molecule has 18 heavy (non-hydrogen) atoms. The highest BCUT2D eigenvalue weighted by molar-refractivity contribution is 5.96. The highest BCUT2D eigenvalue weighted by atomic mass is 16.5. The van der Waals surface area contributed by atoms with Crippen molar-refractivity contribution in [3.05, 3.63) is 17.5 Å². The summed E-state index contributed by atoms with van der Waals surface area (Å²) in [6.45, 7) is 2.09. The normalized spacial score (nSPS) is 9.89. The van der Waals surface area contributed by atoms with E-state index in [1.807, 2.05) is 0 Å². The monoisotopic (exact) mass is 255 g/mol. The number of amides is 2. The minimum Gasteiger partial charge on any atom is -0.475 e. The lowest BCUT2D eigenvalue weighted by atomic mass is 10.3. The Bertz CT molecular complexity index is 468. The molecule has 2 N–H and O–H groups in total. The minimum absolute atomic E-state index is 0.137. The van der Waals surface area contributed by atoms with Crippen molar-refractivity contribution in [2.45, 2.75) is 6.92 Å². The Balaban J connectivity index is 2.68. The number of carboxylic acid groups (broad SMARTS) is 1. The molecule has 1 rings (SSSR count). The maximum absolute atomic E-state index is 11.8. The van der Waals surface area contributed by atoms with Gasteiger partial charge in [-0.3, -0.25) is 9.59 Å². The van der Waals surface area contributed by atoms with Gasteiger partial charge in [-0.2, -0.15) is 0 Å². The lowest BCUT2D eigenvalue weighted by Gasteiger charge is -2.14. The highest BCUT2D eigenvalue weighted by Crippen LogP contribution is 2.06. The lowest BCUT2D eigenvalue weighted by molar-refractivity contribution is -0.121. The summed E-state index contributed by atoms with van der Waals surface area (Å²) in [7, 11) is 1.41. The minimum atomic E-state index is -1.31. The van der Waals surface area contributed by atoms with Gasteiger partial charge in [-0.25, -0.2) is 4.79 Å². The molecule has 8 heteroatoms. The van der Waals surface area contributed by atoms with Crippen LogP contribution in [-0.2, 0) is 4.79 Å². The van der Waals surface area contributed by atoms with Gasteiger partial charge in [-0.1, -0.05) is 5.16 Å². The van der Waals surface area contributed by atoms with Crippen molar-refractivity contribution in [1.29, 1.82) is 0 Å². The van der Waals surface area contributed by atoms with E-state index in [0.29, 0.717) is 6.54 Å². The Morgan fingerprint density at radius 3 is 2.67 bits per heavy atom. The van der Waals surface area contributed by atoms with E-state index in [2.05, 4.69) is 15.0 Å². The molecular formula is C10H13N3O5. The molecule has 8 nitrogen and oxygen atoms in total. The number of hydrogen-bond acceptors (Lipinski definition) is 5. The predicted octanol–water partition coefficient (Wildman–Crippen LogP) is -0.419. The fourth-order valence-electron chi connectivity index (χ4n) is 1.21. The largest absolute Gasteiger partial charge is 0.475 e. The molecule has 0 fully saturated rings. The van der Waals surface area contributed by atoms with Crippen molar-refractivity contribution in [1.82, 2.24) is 15.4 Å². The predicted molar refractivity (Wildman–Crippen MR) is 59.1 cm³/mol. The standard InChI is InChI=1S/C10H13N3O5/c1-3-11-8(14)5-13(2)9(15)6-4-7(10(16)17)18-12-6/h4H,3,5H2,1-2H3,(H,11,14)(H,16,17). The fraction of sp³-hybridized carbons (Fsp3) is 0.400. The Morgan fingerprint density at radius 2 is 2.17 bits per heavy atom. The first-order chi connectivity index (χ1) is 8.45. The maximum Gasteiger partial charge on any atom is 0.374 e. The molecule has 0 unspecified atom stereocenters. The van der Waals surface area contributed by atoms with Crippen molar-refractivity contribution in [3.8, 4) is 0 Å². The number of hydrogen-bond donors (Lipinski definition) is 2. The quantitative estimate of drug-likeness (QED) is 0.738. The summed E-state index contributed by atoms with van der Waals surface area (Å²) < 4.78 is 4.45. The molecule has 1 aromatic rings. The molecule has 2 amide bonds. The third-order valence-corrected chi connectivity index (χ3v) is 2.04. The van der Waals surface area contributed by atoms with E-state index in [-0.39, 0.29) is 18.1 Å². The average molecular weight is 255 g/mol. The molecule has 0 aromatic carbocycles. The van der Waals surface area contributed by atoms with Crippen LogP contribution in [0.3, 0.4) is 0 Å². The van der Waals surface area contributed by atoms with Crippen molar-refractivity contribution in [2.75, 3.05) is 20.1 Å². The number of likely N-dealkylation sites (N-methyl/N-ethyl adjacent to an activating group) is 2. The van der Waals surface area contributed by atoms with Crippen LogP contribution in [0.2, 0.25) is 0 Å². The van der Waals surface area contributed by atoms with Crippen LogP contribution in [0.1, 0.15) is 28.0 Å². The van der Waals surface area contributed by atoms with E-state index >= 15 is 0 Å². The number of nitrogens with zero attached hydrogens (tertiary/aromatic N) is 2. The molecule has 0 saturated carbocycles. The first-order valence-corrected chi connectivity index (χ1v) is 5.17. The van der Waals surface area contributed by atoms with Gasteiger partial charge in [0, 0.05) is 19.7 Å². The summed E-state index contributed by atoms with van der Waals surface area (Å²) in [6.07, 6.45) is 0. The van der Waals surface area contributed by atoms with Crippen LogP contribution in [0, 0.1) is 0 Å². The first-order valence-electron chi connectivity index (χ1n) is 5.17. The van der Waals surface area contributed by atoms with Crippen LogP contribution in [0.25, 0.3) is 0 Å². The molecule has 1 heterocycles. The molecule has 0 saturated heterocycles. The molecule has 0 aliphatic heterocycles. The van der Waals surface area contributed by atoms with Crippen molar-refractivity contribution in [2.24, 2.45) is 0 Å². The third kappa shape index (κ3) is 3.30. The van der Waals surface area contributed by atoms with Gasteiger partial charge in [-0.05, 0) is 6.92 Å². The molecule has 0 aliphatic rings. The number of nitrogens with one attached hydrogen (secondary N) is 1. The number of carbonyl (C=O) groups is 3. The molecule has 1 aromatic heterocycles. The van der Waals surface area contributed by atoms with Gasteiger partial charge in [0.2, 0.25) is 11.7 Å². The zero-order valence-corrected chi connectivity index (χ0v) is 9.97. The summed E-state index contributed by atoms with van der Waals surface area (Å²) in [5, 5.41) is 14.5. The van der Waals surface area contributed by atoms with E-state index in [1.165, 1.54) is 7.05 Å². The third-order valence-electron chi connectivity index (χ3n) is 2.04. The Kier molecular flexibility index (Phi) is 4.41. The second kappa shape index (κ2) is 5.80. The first kappa shape index (κ1) is 13.7. The van der Waals surface area contributed by atoms with Crippen molar-refractivity contribution in [3.63, 3.8) is 0 Å². The van der Waals surface area contributed by atoms with Crippen LogP contribution < -0.4 is 5.32 Å². The molecule has 98 valence electrons. The average Bonchev–Trinajstić information content (AvgIpc) is 2.77. The number of carbonyl (C=O) groups excluding carboxylic acids is 2. The molecule has 0 radical (unpaired) electrons. The summed E-state index contributed by atoms with van der Waals surface area (Å²) in [5.41, 5.74) is -0.154. The van der Waals surface area contributed by atoms with Crippen molar-refractivity contribution < 1.29 is 24.0 Å². The smallest absolute Gasteiger partial charge is 0.374 e. The SMILES string of the molecule is CCNC(=O)CN(C)C(=O)c1cc(C(=O)O)on1. The highest BCUT2D eigenvalue weighted by Gasteiger charge is 2.20. The molecule has 0 atom stereocenters. The van der Waals surface area contributed by atoms with Crippen LogP contribution in [-0.4, -0.2) is 53.1 Å². The second-order valence-corrected chi connectivity index (χ2v) is 3.50. The van der Waals surface area contributed by atoms with Crippen LogP contribution in [0.5, 0.6) is 0 Å². The lowest BCUT2D eigenvalue weighted by Crippen LogP contribution is -2.38. The van der Waals surface area contributed by atoms with Crippen LogP contribution in [0.15, 0.2) is 10.6 Å². The zero-order chi connectivity index (χ0) is 13.7. The summed E-state index contributed by atoms with van der Waals surface area (Å²) >= 11 is 0. The second-order valence-electron chi connectivity index (χ2n) is 3.50. The Morgan fingerprint density at radius 1 is 1.50 bits per heavy atom. The maximum atomic E-state index is 11.8. The Labute approximate surface area is 103 Å². The van der Waals surface area contributed by atoms with Crippen LogP contribution in [0.4, 0.5) is 0 Å². The van der Waals surface area contributed by atoms with E-state index < -0.39 is 17.6 Å². The number of rotatable bonds is 5. The summed E-state index contributed by atoms with van der Waals surface area (Å²) in [6, 6.07) is 1.01. The van der Waals surface area contributed by atoms with Crippen molar-refractivity contribution >= 4 is 17.8 Å². The number of carboxylic acids is 1. The van der Waals surface area contributed by atoms with Gasteiger partial charge >= 0.3 is 5.97 Å². The van der Waals surface area contributed by atoms with Crippen LogP contribution >= 0.6 is 0 Å². The van der Waals surface area contributed by atoms with Gasteiger partial charge in [0.05, 0.1) is 6.54 Å². The molecule has 0 aliphatic carbocycles. The summed E-state index contributed by atoms with van der Waals surface area (Å²) in [4.78, 5) is 34.7. The zero-order valence-electron chi connectivity index (χ0n) is 9.97. The summed E-state index contributed by atoms with van der Waals surface area (Å²) in [5.74, 6) is -2.63. The van der Waals surface area contributed by atoms with Gasteiger partial charge in [0.15, 0.2) is 5.69 Å². The Hall–Kier alpha value is -2.38. The molecule has 0 bridgehead atoms. The van der Waals surface area contributed by atoms with E-state index in [1.54, 1.807) is 6.92 Å². The molecular weight excluding hydrogens is 242 g/mol. The fourth-order valence-corrected chi connectivity index (χ4v) is 1.21. The number of aromatic carboxylic acids is 1. The van der Waals surface area contributed by atoms with Gasteiger partial charge < -0.3 is 19.8 Å². The number of aromatic nitrogens is 1. The topological polar surface area (TPSA) is 113 Å². The van der Waals surface area contributed by atoms with E-state index in [4.69, 9.17) is 5.11 Å². The molecule has 0 spiro atoms. The van der Waals surface area contributed by atoms with Gasteiger partial charge in [0.25, 0.3) is 5.91 Å². The van der Waals surface area contributed by atoms with Gasteiger partial charge in [0.1, 0.15) is 0 Å².